The molecule has 8 nitrogen and oxygen atoms in total. The third-order valence-electron chi connectivity index (χ3n) is 4.97. The highest BCUT2D eigenvalue weighted by Gasteiger charge is 2.34. The molecule has 2 heterocycles. The highest BCUT2D eigenvalue weighted by Crippen LogP contribution is 2.42. The van der Waals surface area contributed by atoms with Gasteiger partial charge in [-0.25, -0.2) is 13.4 Å². The van der Waals surface area contributed by atoms with Gasteiger partial charge in [0, 0.05) is 35.2 Å². The Hall–Kier alpha value is -3.33. The molecule has 0 spiro atoms. The van der Waals surface area contributed by atoms with Crippen molar-refractivity contribution in [2.24, 2.45) is 0 Å². The Morgan fingerprint density at radius 2 is 1.96 bits per heavy atom. The van der Waals surface area contributed by atoms with Gasteiger partial charge in [-0.15, -0.1) is 0 Å². The maximum Gasteiger partial charge on any atom is 0.290 e. The lowest BCUT2D eigenvalue weighted by Gasteiger charge is -2.09. The zero-order valence-corrected chi connectivity index (χ0v) is 15.3. The van der Waals surface area contributed by atoms with Crippen LogP contribution >= 0.6 is 0 Å². The molecule has 2 aromatic carbocycles. The first-order valence-corrected chi connectivity index (χ1v) is 10.2. The van der Waals surface area contributed by atoms with Gasteiger partial charge in [0.2, 0.25) is 9.84 Å². The van der Waals surface area contributed by atoms with Crippen molar-refractivity contribution >= 4 is 37.3 Å². The molecule has 0 radical (unpaired) electrons. The number of nitrogens with one attached hydrogen (secondary N) is 1. The summed E-state index contributed by atoms with van der Waals surface area (Å²) in [6, 6.07) is 9.12. The maximum absolute atomic E-state index is 13.6. The van der Waals surface area contributed by atoms with Crippen molar-refractivity contribution < 1.29 is 13.3 Å². The molecule has 28 heavy (non-hydrogen) atoms. The first-order valence-electron chi connectivity index (χ1n) is 8.71. The number of sulfone groups is 1. The highest BCUT2D eigenvalue weighted by atomic mass is 32.2. The number of pyridine rings is 1. The minimum Gasteiger partial charge on any atom is -0.342 e. The van der Waals surface area contributed by atoms with Crippen molar-refractivity contribution in [2.75, 3.05) is 0 Å². The fourth-order valence-corrected chi connectivity index (χ4v) is 5.24. The first-order chi connectivity index (χ1) is 13.5. The van der Waals surface area contributed by atoms with Crippen LogP contribution in [0.4, 0.5) is 5.69 Å². The molecule has 0 unspecified atom stereocenters. The van der Waals surface area contributed by atoms with E-state index in [1.807, 2.05) is 0 Å². The minimum atomic E-state index is -4.21. The number of hydrogen-bond donors (Lipinski definition) is 1. The number of imidazole rings is 1. The Balaban J connectivity index is 1.85. The number of benzene rings is 2. The van der Waals surface area contributed by atoms with E-state index < -0.39 is 20.4 Å². The van der Waals surface area contributed by atoms with E-state index in [2.05, 4.69) is 15.0 Å². The third-order valence-corrected chi connectivity index (χ3v) is 6.84. The van der Waals surface area contributed by atoms with Gasteiger partial charge in [-0.2, -0.15) is 0 Å². The number of nitrogens with zero attached hydrogens (tertiary/aromatic N) is 3. The molecule has 1 N–H and O–H groups in total. The molecule has 0 saturated heterocycles. The molecule has 0 aliphatic heterocycles. The summed E-state index contributed by atoms with van der Waals surface area (Å²) >= 11 is 0. The van der Waals surface area contributed by atoms with E-state index in [0.29, 0.717) is 22.1 Å². The molecule has 2 aromatic heterocycles. The number of fused-ring (bicyclic) bond motifs is 2. The molecule has 0 atom stereocenters. The molecule has 1 aliphatic carbocycles. The second-order valence-corrected chi connectivity index (χ2v) is 8.67. The minimum absolute atomic E-state index is 0.000952. The maximum atomic E-state index is 13.6. The van der Waals surface area contributed by atoms with Gasteiger partial charge in [0.05, 0.1) is 15.3 Å². The van der Waals surface area contributed by atoms with E-state index in [1.54, 1.807) is 24.4 Å². The summed E-state index contributed by atoms with van der Waals surface area (Å²) in [5.74, 6) is 0.930. The van der Waals surface area contributed by atoms with Gasteiger partial charge in [-0.1, -0.05) is 12.1 Å². The zero-order valence-electron chi connectivity index (χ0n) is 14.5. The summed E-state index contributed by atoms with van der Waals surface area (Å²) in [6.45, 7) is 0. The standard InChI is InChI=1S/C19H14N4O4S/c24-23(25)15-7-6-14-17(22-19(21-14)11-4-5-11)18(15)28(26,27)16-3-1-2-12-10-20-9-8-13(12)16/h1-3,6-11H,4-5H2,(H,21,22). The molecule has 1 saturated carbocycles. The lowest BCUT2D eigenvalue weighted by molar-refractivity contribution is -0.387. The predicted octanol–water partition coefficient (Wildman–Crippen LogP) is 3.73. The van der Waals surface area contributed by atoms with E-state index in [4.69, 9.17) is 0 Å². The Morgan fingerprint density at radius 3 is 2.71 bits per heavy atom. The Kier molecular flexibility index (Phi) is 3.50. The van der Waals surface area contributed by atoms with Crippen LogP contribution in [0.25, 0.3) is 21.8 Å². The fraction of sp³-hybridized carbons (Fsp3) is 0.158. The second kappa shape index (κ2) is 5.83. The molecular formula is C19H14N4O4S. The Morgan fingerprint density at radius 1 is 1.14 bits per heavy atom. The number of H-pyrrole nitrogens is 1. The van der Waals surface area contributed by atoms with Crippen molar-refractivity contribution in [1.82, 2.24) is 15.0 Å². The molecular weight excluding hydrogens is 380 g/mol. The highest BCUT2D eigenvalue weighted by molar-refractivity contribution is 7.92. The number of rotatable bonds is 4. The lowest BCUT2D eigenvalue weighted by atomic mass is 10.2. The van der Waals surface area contributed by atoms with Gasteiger partial charge in [0.25, 0.3) is 5.69 Å². The largest absolute Gasteiger partial charge is 0.342 e. The average molecular weight is 394 g/mol. The normalized spacial score (nSPS) is 14.6. The van der Waals surface area contributed by atoms with Crippen LogP contribution < -0.4 is 0 Å². The van der Waals surface area contributed by atoms with Crippen LogP contribution in [-0.2, 0) is 9.84 Å². The topological polar surface area (TPSA) is 119 Å². The van der Waals surface area contributed by atoms with Gasteiger partial charge in [0.1, 0.15) is 11.3 Å². The van der Waals surface area contributed by atoms with Crippen molar-refractivity contribution in [3.05, 3.63) is 64.7 Å². The van der Waals surface area contributed by atoms with Gasteiger partial charge < -0.3 is 4.98 Å². The van der Waals surface area contributed by atoms with Crippen molar-refractivity contribution in [1.29, 1.82) is 0 Å². The Labute approximate surface area is 159 Å². The summed E-state index contributed by atoms with van der Waals surface area (Å²) in [5.41, 5.74) is 0.113. The quantitative estimate of drug-likeness (QED) is 0.416. The van der Waals surface area contributed by atoms with Crippen LogP contribution in [0.15, 0.2) is 58.6 Å². The summed E-state index contributed by atoms with van der Waals surface area (Å²) < 4.78 is 27.2. The molecule has 4 aromatic rings. The molecule has 0 amide bonds. The van der Waals surface area contributed by atoms with Crippen molar-refractivity contribution in [3.8, 4) is 0 Å². The number of hydrogen-bond acceptors (Lipinski definition) is 6. The Bertz CT molecular complexity index is 1370. The van der Waals surface area contributed by atoms with Crippen molar-refractivity contribution in [2.45, 2.75) is 28.6 Å². The van der Waals surface area contributed by atoms with Crippen LogP contribution in [-0.4, -0.2) is 28.3 Å². The average Bonchev–Trinajstić information content (AvgIpc) is 3.45. The van der Waals surface area contributed by atoms with Gasteiger partial charge >= 0.3 is 0 Å². The SMILES string of the molecule is O=[N+]([O-])c1ccc2[nH]c(C3CC3)nc2c1S(=O)(=O)c1cccc2cnccc12. The summed E-state index contributed by atoms with van der Waals surface area (Å²) in [7, 11) is -4.21. The fourth-order valence-electron chi connectivity index (χ4n) is 3.45. The summed E-state index contributed by atoms with van der Waals surface area (Å²) in [4.78, 5) is 22.2. The van der Waals surface area contributed by atoms with Crippen LogP contribution in [0, 0.1) is 10.1 Å². The first kappa shape index (κ1) is 16.8. The van der Waals surface area contributed by atoms with E-state index in [1.165, 1.54) is 24.4 Å². The lowest BCUT2D eigenvalue weighted by Crippen LogP contribution is -2.07. The third kappa shape index (κ3) is 2.47. The number of nitro benzene ring substituents is 1. The number of aromatic amines is 1. The van der Waals surface area contributed by atoms with Crippen LogP contribution in [0.5, 0.6) is 0 Å². The van der Waals surface area contributed by atoms with E-state index in [0.717, 1.165) is 12.8 Å². The summed E-state index contributed by atoms with van der Waals surface area (Å²) in [6.07, 6.45) is 5.00. The predicted molar refractivity (Wildman–Crippen MR) is 102 cm³/mol. The zero-order chi connectivity index (χ0) is 19.5. The van der Waals surface area contributed by atoms with Crippen LogP contribution in [0.1, 0.15) is 24.6 Å². The molecule has 140 valence electrons. The van der Waals surface area contributed by atoms with Gasteiger partial charge in [-0.05, 0) is 31.0 Å². The van der Waals surface area contributed by atoms with Crippen LogP contribution in [0.3, 0.4) is 0 Å². The van der Waals surface area contributed by atoms with E-state index >= 15 is 0 Å². The smallest absolute Gasteiger partial charge is 0.290 e. The number of aromatic nitrogens is 3. The summed E-state index contributed by atoms with van der Waals surface area (Å²) in [5, 5.41) is 12.8. The monoisotopic (exact) mass is 394 g/mol. The molecule has 1 fully saturated rings. The number of nitro groups is 1. The van der Waals surface area contributed by atoms with E-state index in [-0.39, 0.29) is 21.2 Å². The van der Waals surface area contributed by atoms with Crippen molar-refractivity contribution in [3.63, 3.8) is 0 Å². The molecule has 1 aliphatic rings. The van der Waals surface area contributed by atoms with E-state index in [9.17, 15) is 18.5 Å². The molecule has 5 rings (SSSR count). The molecule has 9 heteroatoms. The second-order valence-electron chi connectivity index (χ2n) is 6.82. The molecule has 0 bridgehead atoms. The van der Waals surface area contributed by atoms with Crippen LogP contribution in [0.2, 0.25) is 0 Å². The van der Waals surface area contributed by atoms with Gasteiger partial charge in [-0.3, -0.25) is 15.1 Å². The van der Waals surface area contributed by atoms with Gasteiger partial charge in [0.15, 0.2) is 4.90 Å².